The summed E-state index contributed by atoms with van der Waals surface area (Å²) in [7, 11) is -3.89. The van der Waals surface area contributed by atoms with E-state index in [-0.39, 0.29) is 24.8 Å². The maximum absolute atomic E-state index is 13.6. The molecule has 1 amide bonds. The predicted octanol–water partition coefficient (Wildman–Crippen LogP) is 0.171. The van der Waals surface area contributed by atoms with Crippen LogP contribution in [0.2, 0.25) is 0 Å². The van der Waals surface area contributed by atoms with Gasteiger partial charge in [0, 0.05) is 24.8 Å². The van der Waals surface area contributed by atoms with Crippen molar-refractivity contribution in [3.63, 3.8) is 0 Å². The van der Waals surface area contributed by atoms with Crippen molar-refractivity contribution < 1.29 is 27.9 Å². The molecule has 2 unspecified atom stereocenters. The fraction of sp³-hybridized carbons (Fsp3) is 0.409. The van der Waals surface area contributed by atoms with E-state index in [1.807, 2.05) is 0 Å². The summed E-state index contributed by atoms with van der Waals surface area (Å²) in [6.45, 7) is 0.485. The number of nitrogens with one attached hydrogen (secondary N) is 1. The first kappa shape index (κ1) is 24.4. The third kappa shape index (κ3) is 4.91. The first-order chi connectivity index (χ1) is 15.4. The summed E-state index contributed by atoms with van der Waals surface area (Å²) in [5, 5.41) is 18.1. The SMILES string of the molecule is C[C@@](CCn1cnc2cc(C#CC#CC3CC3(F)CO)ccc2c1=O)(C(=O)NO)S(C)(=O)=O. The molecule has 1 heterocycles. The van der Waals surface area contributed by atoms with Crippen LogP contribution in [0.4, 0.5) is 4.39 Å². The van der Waals surface area contributed by atoms with Crippen LogP contribution in [0.25, 0.3) is 10.9 Å². The van der Waals surface area contributed by atoms with Crippen molar-refractivity contribution in [2.24, 2.45) is 5.92 Å². The average molecular weight is 475 g/mol. The summed E-state index contributed by atoms with van der Waals surface area (Å²) < 4.78 is 37.0. The lowest BCUT2D eigenvalue weighted by molar-refractivity contribution is -0.131. The summed E-state index contributed by atoms with van der Waals surface area (Å²) in [6.07, 6.45) is 2.05. The van der Waals surface area contributed by atoms with Gasteiger partial charge in [-0.2, -0.15) is 0 Å². The molecule has 1 saturated carbocycles. The number of benzene rings is 1. The Labute approximate surface area is 189 Å². The lowest BCUT2D eigenvalue weighted by atomic mass is 10.1. The highest BCUT2D eigenvalue weighted by molar-refractivity contribution is 7.92. The quantitative estimate of drug-likeness (QED) is 0.308. The van der Waals surface area contributed by atoms with Gasteiger partial charge in [-0.15, -0.1) is 0 Å². The van der Waals surface area contributed by atoms with E-state index < -0.39 is 44.2 Å². The summed E-state index contributed by atoms with van der Waals surface area (Å²) in [5.74, 6) is 9.01. The molecule has 1 aliphatic carbocycles. The molecule has 33 heavy (non-hydrogen) atoms. The molecule has 2 aromatic rings. The number of hydrogen-bond donors (Lipinski definition) is 3. The normalized spacial score (nSPS) is 21.2. The zero-order valence-corrected chi connectivity index (χ0v) is 18.7. The molecule has 11 heteroatoms. The fourth-order valence-corrected chi connectivity index (χ4v) is 4.02. The van der Waals surface area contributed by atoms with Crippen molar-refractivity contribution in [3.8, 4) is 23.7 Å². The van der Waals surface area contributed by atoms with E-state index in [4.69, 9.17) is 10.3 Å². The number of aliphatic hydroxyl groups is 1. The number of carbonyl (C=O) groups is 1. The largest absolute Gasteiger partial charge is 0.393 e. The van der Waals surface area contributed by atoms with Crippen LogP contribution >= 0.6 is 0 Å². The van der Waals surface area contributed by atoms with Gasteiger partial charge in [0.2, 0.25) is 0 Å². The molecule has 1 aromatic heterocycles. The maximum Gasteiger partial charge on any atom is 0.264 e. The minimum Gasteiger partial charge on any atom is -0.393 e. The van der Waals surface area contributed by atoms with Gasteiger partial charge in [0.25, 0.3) is 11.5 Å². The van der Waals surface area contributed by atoms with E-state index in [9.17, 15) is 22.4 Å². The lowest BCUT2D eigenvalue weighted by Crippen LogP contribution is -2.50. The Hall–Kier alpha value is -3.25. The molecular formula is C22H22FN3O6S. The molecule has 1 aliphatic rings. The van der Waals surface area contributed by atoms with Crippen molar-refractivity contribution in [3.05, 3.63) is 40.4 Å². The van der Waals surface area contributed by atoms with E-state index in [0.717, 1.165) is 6.26 Å². The molecule has 174 valence electrons. The van der Waals surface area contributed by atoms with E-state index in [2.05, 4.69) is 28.7 Å². The molecule has 0 bridgehead atoms. The van der Waals surface area contributed by atoms with Crippen LogP contribution < -0.4 is 11.0 Å². The second-order valence-corrected chi connectivity index (χ2v) is 10.6. The zero-order chi connectivity index (χ0) is 24.4. The number of halogens is 1. The van der Waals surface area contributed by atoms with Crippen LogP contribution in [-0.2, 0) is 21.2 Å². The highest BCUT2D eigenvalue weighted by Gasteiger charge is 2.54. The number of hydroxylamine groups is 1. The van der Waals surface area contributed by atoms with Gasteiger partial charge in [-0.1, -0.05) is 11.8 Å². The first-order valence-electron chi connectivity index (χ1n) is 9.90. The molecule has 9 nitrogen and oxygen atoms in total. The second kappa shape index (κ2) is 8.94. The Morgan fingerprint density at radius 2 is 2.15 bits per heavy atom. The van der Waals surface area contributed by atoms with Gasteiger partial charge in [-0.25, -0.2) is 23.3 Å². The Kier molecular flexibility index (Phi) is 6.61. The van der Waals surface area contributed by atoms with Gasteiger partial charge >= 0.3 is 0 Å². The van der Waals surface area contributed by atoms with Crippen molar-refractivity contribution in [1.82, 2.24) is 15.0 Å². The number of rotatable bonds is 6. The molecule has 0 radical (unpaired) electrons. The number of aromatic nitrogens is 2. The van der Waals surface area contributed by atoms with Gasteiger partial charge in [-0.05, 0) is 43.4 Å². The van der Waals surface area contributed by atoms with Crippen LogP contribution in [-0.4, -0.2) is 57.5 Å². The van der Waals surface area contributed by atoms with E-state index in [1.54, 1.807) is 12.1 Å². The number of aliphatic hydroxyl groups excluding tert-OH is 1. The second-order valence-electron chi connectivity index (χ2n) is 8.14. The van der Waals surface area contributed by atoms with Gasteiger partial charge in [0.15, 0.2) is 14.6 Å². The summed E-state index contributed by atoms with van der Waals surface area (Å²) >= 11 is 0. The zero-order valence-electron chi connectivity index (χ0n) is 17.9. The smallest absolute Gasteiger partial charge is 0.264 e. The maximum atomic E-state index is 13.6. The highest BCUT2D eigenvalue weighted by Crippen LogP contribution is 2.46. The summed E-state index contributed by atoms with van der Waals surface area (Å²) in [6, 6.07) is 4.70. The topological polar surface area (TPSA) is 139 Å². The van der Waals surface area contributed by atoms with Crippen molar-refractivity contribution in [2.45, 2.75) is 36.7 Å². The van der Waals surface area contributed by atoms with E-state index in [1.165, 1.54) is 29.4 Å². The molecule has 3 N–H and O–H groups in total. The Morgan fingerprint density at radius 1 is 1.42 bits per heavy atom. The number of sulfone groups is 1. The van der Waals surface area contributed by atoms with Crippen LogP contribution in [0.1, 0.15) is 25.3 Å². The van der Waals surface area contributed by atoms with E-state index >= 15 is 0 Å². The molecule has 0 spiro atoms. The minimum absolute atomic E-state index is 0.124. The molecule has 3 atom stereocenters. The van der Waals surface area contributed by atoms with Crippen LogP contribution in [0.15, 0.2) is 29.3 Å². The van der Waals surface area contributed by atoms with E-state index in [0.29, 0.717) is 11.1 Å². The molecule has 3 rings (SSSR count). The van der Waals surface area contributed by atoms with Crippen molar-refractivity contribution in [1.29, 1.82) is 0 Å². The number of alkyl halides is 1. The van der Waals surface area contributed by atoms with Crippen LogP contribution in [0.5, 0.6) is 0 Å². The van der Waals surface area contributed by atoms with Gasteiger partial charge < -0.3 is 5.11 Å². The Morgan fingerprint density at radius 3 is 2.76 bits per heavy atom. The lowest BCUT2D eigenvalue weighted by Gasteiger charge is -2.25. The summed E-state index contributed by atoms with van der Waals surface area (Å²) in [5.41, 5.74) is 0.205. The molecule has 0 aliphatic heterocycles. The van der Waals surface area contributed by atoms with Crippen molar-refractivity contribution >= 4 is 26.6 Å². The Balaban J connectivity index is 1.80. The van der Waals surface area contributed by atoms with Crippen LogP contribution in [0.3, 0.4) is 0 Å². The van der Waals surface area contributed by atoms with Crippen molar-refractivity contribution in [2.75, 3.05) is 12.9 Å². The molecule has 1 fully saturated rings. The predicted molar refractivity (Wildman–Crippen MR) is 117 cm³/mol. The third-order valence-corrected chi connectivity index (χ3v) is 7.87. The standard InChI is InChI=1S/C22H22FN3O6S/c1-21(20(29)25-30,33(2,31)32)9-10-26-14-24-18-11-15(7-8-17(18)19(26)28)5-3-4-6-16-12-22(16,23)13-27/h7-8,11,14,16,27,30H,9-10,12-13H2,1-2H3,(H,25,29)/t16?,21-,22?/m1/s1. The number of nitrogens with zero attached hydrogens (tertiary/aromatic N) is 2. The number of aryl methyl sites for hydroxylation is 1. The Bertz CT molecular complexity index is 1400. The van der Waals surface area contributed by atoms with Gasteiger partial charge in [-0.3, -0.25) is 19.4 Å². The average Bonchev–Trinajstić information content (AvgIpc) is 3.44. The molecule has 0 saturated heterocycles. The number of amides is 1. The number of carbonyl (C=O) groups excluding carboxylic acids is 1. The minimum atomic E-state index is -3.89. The highest BCUT2D eigenvalue weighted by atomic mass is 32.2. The third-order valence-electron chi connectivity index (χ3n) is 5.84. The molecule has 1 aromatic carbocycles. The number of hydrogen-bond acceptors (Lipinski definition) is 7. The fourth-order valence-electron chi connectivity index (χ4n) is 3.18. The first-order valence-corrected chi connectivity index (χ1v) is 11.8. The van der Waals surface area contributed by atoms with Gasteiger partial charge in [0.05, 0.1) is 29.8 Å². The molecular weight excluding hydrogens is 453 g/mol. The number of fused-ring (bicyclic) bond motifs is 1. The van der Waals surface area contributed by atoms with Crippen LogP contribution in [0, 0.1) is 29.6 Å². The van der Waals surface area contributed by atoms with Gasteiger partial charge in [0.1, 0.15) is 5.67 Å². The summed E-state index contributed by atoms with van der Waals surface area (Å²) in [4.78, 5) is 28.9. The monoisotopic (exact) mass is 475 g/mol.